The number of hydrogen-bond acceptors (Lipinski definition) is 2. The summed E-state index contributed by atoms with van der Waals surface area (Å²) in [6, 6.07) is 0. The number of rotatable bonds is 3. The summed E-state index contributed by atoms with van der Waals surface area (Å²) in [5, 5.41) is 0. The summed E-state index contributed by atoms with van der Waals surface area (Å²) < 4.78 is 7.77. The van der Waals surface area contributed by atoms with E-state index in [4.69, 9.17) is 4.74 Å². The first kappa shape index (κ1) is 12.4. The van der Waals surface area contributed by atoms with E-state index in [1.165, 1.54) is 5.56 Å². The molecule has 1 aromatic rings. The van der Waals surface area contributed by atoms with E-state index < -0.39 is 0 Å². The minimum atomic E-state index is -0.0947. The van der Waals surface area contributed by atoms with Crippen LogP contribution in [0, 0.1) is 0 Å². The van der Waals surface area contributed by atoms with Crippen LogP contribution in [0.2, 0.25) is 0 Å². The summed E-state index contributed by atoms with van der Waals surface area (Å²) in [5.41, 5.74) is 2.03. The topological polar surface area (TPSA) is 31.2 Å². The monoisotopic (exact) mass is 235 g/mol. The number of aryl methyl sites for hydroxylation is 1. The molecule has 3 heteroatoms. The predicted octanol–water partition coefficient (Wildman–Crippen LogP) is 2.82. The van der Waals surface area contributed by atoms with Crippen LogP contribution in [0.15, 0.2) is 12.4 Å². The van der Waals surface area contributed by atoms with Crippen molar-refractivity contribution in [3.8, 4) is 0 Å². The standard InChI is InChI=1S/C14H21NO2/c1-14(2,3)17-8-7-15-9-11-5-4-6-13(16)12(11)10-15/h9-10H,4-8H2,1-3H3. The Hall–Kier alpha value is -1.09. The van der Waals surface area contributed by atoms with Gasteiger partial charge in [0.2, 0.25) is 0 Å². The molecule has 0 bridgehead atoms. The number of aromatic nitrogens is 1. The number of fused-ring (bicyclic) bond motifs is 1. The third-order valence-electron chi connectivity index (χ3n) is 3.00. The molecule has 94 valence electrons. The van der Waals surface area contributed by atoms with Crippen LogP contribution in [-0.2, 0) is 17.7 Å². The zero-order valence-electron chi connectivity index (χ0n) is 11.0. The maximum Gasteiger partial charge on any atom is 0.164 e. The van der Waals surface area contributed by atoms with Crippen molar-refractivity contribution >= 4 is 5.78 Å². The molecule has 0 fully saturated rings. The molecule has 2 rings (SSSR count). The van der Waals surface area contributed by atoms with Gasteiger partial charge in [-0.15, -0.1) is 0 Å². The molecule has 1 aromatic heterocycles. The van der Waals surface area contributed by atoms with Crippen molar-refractivity contribution in [1.82, 2.24) is 4.57 Å². The lowest BCUT2D eigenvalue weighted by atomic mass is 9.95. The van der Waals surface area contributed by atoms with Gasteiger partial charge >= 0.3 is 0 Å². The van der Waals surface area contributed by atoms with Crippen LogP contribution in [0.25, 0.3) is 0 Å². The molecule has 0 atom stereocenters. The van der Waals surface area contributed by atoms with Gasteiger partial charge in [-0.3, -0.25) is 4.79 Å². The first-order valence-electron chi connectivity index (χ1n) is 6.31. The maximum absolute atomic E-state index is 11.7. The van der Waals surface area contributed by atoms with Crippen molar-refractivity contribution in [2.45, 2.75) is 52.2 Å². The van der Waals surface area contributed by atoms with E-state index in [9.17, 15) is 4.79 Å². The molecule has 3 nitrogen and oxygen atoms in total. The number of nitrogens with zero attached hydrogens (tertiary/aromatic N) is 1. The van der Waals surface area contributed by atoms with E-state index in [1.807, 2.05) is 6.20 Å². The largest absolute Gasteiger partial charge is 0.374 e. The lowest BCUT2D eigenvalue weighted by Crippen LogP contribution is -2.21. The Morgan fingerprint density at radius 2 is 2.06 bits per heavy atom. The lowest BCUT2D eigenvalue weighted by molar-refractivity contribution is -0.00680. The molecule has 0 unspecified atom stereocenters. The predicted molar refractivity (Wildman–Crippen MR) is 67.4 cm³/mol. The van der Waals surface area contributed by atoms with Gasteiger partial charge in [0.15, 0.2) is 5.78 Å². The Labute approximate surface area is 103 Å². The van der Waals surface area contributed by atoms with E-state index in [0.29, 0.717) is 18.8 Å². The molecule has 0 saturated carbocycles. The molecular formula is C14H21NO2. The van der Waals surface area contributed by atoms with E-state index in [2.05, 4.69) is 31.5 Å². The molecule has 0 amide bonds. The van der Waals surface area contributed by atoms with Crippen LogP contribution < -0.4 is 0 Å². The van der Waals surface area contributed by atoms with Gasteiger partial charge in [0.05, 0.1) is 12.2 Å². The summed E-state index contributed by atoms with van der Waals surface area (Å²) in [4.78, 5) is 11.7. The highest BCUT2D eigenvalue weighted by Gasteiger charge is 2.19. The van der Waals surface area contributed by atoms with E-state index in [-0.39, 0.29) is 5.60 Å². The Kier molecular flexibility index (Phi) is 3.38. The number of carbonyl (C=O) groups is 1. The highest BCUT2D eigenvalue weighted by atomic mass is 16.5. The fraction of sp³-hybridized carbons (Fsp3) is 0.643. The summed E-state index contributed by atoms with van der Waals surface area (Å²) >= 11 is 0. The maximum atomic E-state index is 11.7. The lowest BCUT2D eigenvalue weighted by Gasteiger charge is -2.19. The van der Waals surface area contributed by atoms with Gasteiger partial charge in [0.1, 0.15) is 0 Å². The molecule has 0 N–H and O–H groups in total. The van der Waals surface area contributed by atoms with Crippen molar-refractivity contribution < 1.29 is 9.53 Å². The first-order valence-corrected chi connectivity index (χ1v) is 6.31. The van der Waals surface area contributed by atoms with Crippen LogP contribution in [0.5, 0.6) is 0 Å². The molecule has 0 saturated heterocycles. The number of ether oxygens (including phenoxy) is 1. The molecular weight excluding hydrogens is 214 g/mol. The second kappa shape index (κ2) is 4.65. The van der Waals surface area contributed by atoms with Gasteiger partial charge in [-0.2, -0.15) is 0 Å². The Balaban J connectivity index is 1.97. The SMILES string of the molecule is CC(C)(C)OCCn1cc2c(c1)C(=O)CCC2. The quantitative estimate of drug-likeness (QED) is 0.806. The van der Waals surface area contributed by atoms with E-state index in [1.54, 1.807) is 0 Å². The summed E-state index contributed by atoms with van der Waals surface area (Å²) in [5.74, 6) is 0.293. The number of carbonyl (C=O) groups excluding carboxylic acids is 1. The van der Waals surface area contributed by atoms with Crippen LogP contribution >= 0.6 is 0 Å². The molecule has 1 heterocycles. The van der Waals surface area contributed by atoms with Gasteiger partial charge in [-0.25, -0.2) is 0 Å². The Morgan fingerprint density at radius 3 is 2.71 bits per heavy atom. The van der Waals surface area contributed by atoms with Crippen LogP contribution in [0.1, 0.15) is 49.5 Å². The minimum Gasteiger partial charge on any atom is -0.374 e. The Bertz CT molecular complexity index is 412. The van der Waals surface area contributed by atoms with Crippen molar-refractivity contribution in [3.63, 3.8) is 0 Å². The summed E-state index contributed by atoms with van der Waals surface area (Å²) in [7, 11) is 0. The average molecular weight is 235 g/mol. The molecule has 1 aliphatic carbocycles. The second-order valence-electron chi connectivity index (χ2n) is 5.67. The highest BCUT2D eigenvalue weighted by Crippen LogP contribution is 2.22. The van der Waals surface area contributed by atoms with Crippen molar-refractivity contribution in [2.24, 2.45) is 0 Å². The summed E-state index contributed by atoms with van der Waals surface area (Å²) in [6.45, 7) is 7.66. The Morgan fingerprint density at radius 1 is 1.29 bits per heavy atom. The van der Waals surface area contributed by atoms with Crippen LogP contribution in [-0.4, -0.2) is 22.6 Å². The van der Waals surface area contributed by atoms with Gasteiger partial charge in [-0.05, 0) is 39.2 Å². The molecule has 17 heavy (non-hydrogen) atoms. The van der Waals surface area contributed by atoms with Crippen LogP contribution in [0.4, 0.5) is 0 Å². The highest BCUT2D eigenvalue weighted by molar-refractivity contribution is 5.98. The molecule has 0 aromatic carbocycles. The zero-order chi connectivity index (χ0) is 12.5. The van der Waals surface area contributed by atoms with E-state index >= 15 is 0 Å². The third-order valence-corrected chi connectivity index (χ3v) is 3.00. The zero-order valence-corrected chi connectivity index (χ0v) is 11.0. The summed E-state index contributed by atoms with van der Waals surface area (Å²) in [6.07, 6.45) is 6.80. The molecule has 1 aliphatic rings. The first-order chi connectivity index (χ1) is 7.96. The molecule has 0 radical (unpaired) electrons. The minimum absolute atomic E-state index is 0.0947. The third kappa shape index (κ3) is 3.19. The number of Topliss-reactive ketones (excluding diaryl/α,β-unsaturated/α-hetero) is 1. The van der Waals surface area contributed by atoms with Crippen molar-refractivity contribution in [3.05, 3.63) is 23.5 Å². The molecule has 0 aliphatic heterocycles. The number of ketones is 1. The average Bonchev–Trinajstić information content (AvgIpc) is 2.60. The van der Waals surface area contributed by atoms with Gasteiger partial charge in [0.25, 0.3) is 0 Å². The van der Waals surface area contributed by atoms with Crippen molar-refractivity contribution in [1.29, 1.82) is 0 Å². The molecule has 0 spiro atoms. The smallest absolute Gasteiger partial charge is 0.164 e. The number of hydrogen-bond donors (Lipinski definition) is 0. The van der Waals surface area contributed by atoms with Crippen LogP contribution in [0.3, 0.4) is 0 Å². The normalized spacial score (nSPS) is 16.1. The fourth-order valence-corrected chi connectivity index (χ4v) is 2.17. The van der Waals surface area contributed by atoms with E-state index in [0.717, 1.165) is 24.9 Å². The second-order valence-corrected chi connectivity index (χ2v) is 5.67. The van der Waals surface area contributed by atoms with Gasteiger partial charge in [-0.1, -0.05) is 0 Å². The van der Waals surface area contributed by atoms with Gasteiger partial charge < -0.3 is 9.30 Å². The van der Waals surface area contributed by atoms with Crippen molar-refractivity contribution in [2.75, 3.05) is 6.61 Å². The fourth-order valence-electron chi connectivity index (χ4n) is 2.17. The van der Waals surface area contributed by atoms with Gasteiger partial charge in [0, 0.05) is 30.9 Å².